The largest absolute Gasteiger partial charge is 0.494 e. The van der Waals surface area contributed by atoms with Gasteiger partial charge in [0.05, 0.1) is 6.61 Å². The van der Waals surface area contributed by atoms with Gasteiger partial charge in [0.2, 0.25) is 5.90 Å². The number of aliphatic hydroxyl groups is 1. The quantitative estimate of drug-likeness (QED) is 0.287. The van der Waals surface area contributed by atoms with Crippen LogP contribution in [0.25, 0.3) is 0 Å². The van der Waals surface area contributed by atoms with Crippen LogP contribution in [0.1, 0.15) is 42.1 Å². The molecule has 5 rings (SSSR count). The molecule has 2 atom stereocenters. The maximum absolute atomic E-state index is 14.4. The minimum absolute atomic E-state index is 0.00220. The van der Waals surface area contributed by atoms with E-state index in [1.165, 1.54) is 0 Å². The lowest BCUT2D eigenvalue weighted by Gasteiger charge is -2.34. The summed E-state index contributed by atoms with van der Waals surface area (Å²) in [4.78, 5) is 21.5. The van der Waals surface area contributed by atoms with Gasteiger partial charge in [-0.2, -0.15) is 0 Å². The molecule has 1 saturated heterocycles. The Labute approximate surface area is 239 Å². The van der Waals surface area contributed by atoms with E-state index in [1.54, 1.807) is 0 Å². The zero-order valence-electron chi connectivity index (χ0n) is 21.0. The van der Waals surface area contributed by atoms with Gasteiger partial charge in [0, 0.05) is 47.0 Å². The van der Waals surface area contributed by atoms with Crippen molar-refractivity contribution >= 4 is 43.7 Å². The van der Waals surface area contributed by atoms with Crippen LogP contribution < -0.4 is 4.74 Å². The first-order chi connectivity index (χ1) is 18.5. The highest BCUT2D eigenvalue weighted by atomic mass is 79.9. The lowest BCUT2D eigenvalue weighted by molar-refractivity contribution is -0.138. The van der Waals surface area contributed by atoms with E-state index in [0.29, 0.717) is 31.1 Å². The van der Waals surface area contributed by atoms with Gasteiger partial charge in [0.15, 0.2) is 11.6 Å². The molecule has 2 aliphatic heterocycles. The molecule has 2 heterocycles. The van der Waals surface area contributed by atoms with Crippen LogP contribution in [0.2, 0.25) is 0 Å². The van der Waals surface area contributed by atoms with Gasteiger partial charge in [0.1, 0.15) is 5.75 Å². The molecular weight excluding hydrogens is 612 g/mol. The maximum Gasteiger partial charge on any atom is 0.255 e. The van der Waals surface area contributed by atoms with Crippen LogP contribution in [0.5, 0.6) is 5.75 Å². The lowest BCUT2D eigenvalue weighted by atomic mass is 9.81. The standard InChI is InChI=1S/C30H30Br2N2O4/c31-24-12-8-21(9-13-24)27-30(29(36)34-16-3-4-17-34,20-23-6-1-2-7-26(23)32)33-28(38-27)22-10-14-25(15-11-22)37-19-5-18-35/h1-2,6-15,27,35H,3-5,16-20H2/t27-,30-/m1/s1. The van der Waals surface area contributed by atoms with Crippen LogP contribution in [-0.4, -0.2) is 53.7 Å². The molecule has 8 heteroatoms. The van der Waals surface area contributed by atoms with Crippen molar-refractivity contribution in [2.75, 3.05) is 26.3 Å². The predicted octanol–water partition coefficient (Wildman–Crippen LogP) is 6.09. The van der Waals surface area contributed by atoms with E-state index in [4.69, 9.17) is 19.6 Å². The van der Waals surface area contributed by atoms with Gasteiger partial charge in [-0.3, -0.25) is 4.79 Å². The lowest BCUT2D eigenvalue weighted by Crippen LogP contribution is -2.51. The van der Waals surface area contributed by atoms with Crippen LogP contribution in [0, 0.1) is 0 Å². The molecule has 6 nitrogen and oxygen atoms in total. The van der Waals surface area contributed by atoms with Crippen molar-refractivity contribution in [1.82, 2.24) is 4.90 Å². The van der Waals surface area contributed by atoms with E-state index >= 15 is 0 Å². The van der Waals surface area contributed by atoms with E-state index in [0.717, 1.165) is 51.6 Å². The highest BCUT2D eigenvalue weighted by Gasteiger charge is 2.55. The molecule has 1 amide bonds. The Bertz CT molecular complexity index is 1290. The number of rotatable bonds is 9. The summed E-state index contributed by atoms with van der Waals surface area (Å²) in [5, 5.41) is 9.01. The number of halogens is 2. The van der Waals surface area contributed by atoms with Crippen LogP contribution in [0.15, 0.2) is 86.7 Å². The van der Waals surface area contributed by atoms with Crippen molar-refractivity contribution in [3.63, 3.8) is 0 Å². The molecule has 2 aliphatic rings. The minimum atomic E-state index is -1.16. The van der Waals surface area contributed by atoms with Crippen molar-refractivity contribution in [3.8, 4) is 5.75 Å². The highest BCUT2D eigenvalue weighted by Crippen LogP contribution is 2.45. The summed E-state index contributed by atoms with van der Waals surface area (Å²) in [5.41, 5.74) is 1.52. The van der Waals surface area contributed by atoms with Gasteiger partial charge < -0.3 is 19.5 Å². The molecule has 0 radical (unpaired) electrons. The van der Waals surface area contributed by atoms with Crippen LogP contribution >= 0.6 is 31.9 Å². The Kier molecular flexibility index (Phi) is 8.51. The number of aliphatic hydroxyl groups excluding tert-OH is 1. The number of amides is 1. The predicted molar refractivity (Wildman–Crippen MR) is 155 cm³/mol. The molecule has 38 heavy (non-hydrogen) atoms. The third-order valence-electron chi connectivity index (χ3n) is 6.99. The molecule has 0 aromatic heterocycles. The van der Waals surface area contributed by atoms with E-state index in [2.05, 4.69) is 31.9 Å². The van der Waals surface area contributed by atoms with Crippen LogP contribution in [-0.2, 0) is 16.0 Å². The second-order valence-corrected chi connectivity index (χ2v) is 11.4. The molecule has 198 valence electrons. The van der Waals surface area contributed by atoms with Crippen LogP contribution in [0.4, 0.5) is 0 Å². The average Bonchev–Trinajstić information content (AvgIpc) is 3.60. The summed E-state index contributed by atoms with van der Waals surface area (Å²) in [6, 6.07) is 23.5. The number of carbonyl (C=O) groups excluding carboxylic acids is 1. The van der Waals surface area contributed by atoms with Crippen molar-refractivity contribution < 1.29 is 19.4 Å². The fourth-order valence-electron chi connectivity index (χ4n) is 5.03. The highest BCUT2D eigenvalue weighted by molar-refractivity contribution is 9.10. The number of likely N-dealkylation sites (tertiary alicyclic amines) is 1. The van der Waals surface area contributed by atoms with E-state index in [1.807, 2.05) is 77.7 Å². The van der Waals surface area contributed by atoms with Crippen LogP contribution in [0.3, 0.4) is 0 Å². The second-order valence-electron chi connectivity index (χ2n) is 9.61. The summed E-state index contributed by atoms with van der Waals surface area (Å²) >= 11 is 7.22. The monoisotopic (exact) mass is 640 g/mol. The van der Waals surface area contributed by atoms with Gasteiger partial charge in [-0.25, -0.2) is 4.99 Å². The van der Waals surface area contributed by atoms with Gasteiger partial charge in [-0.15, -0.1) is 0 Å². The van der Waals surface area contributed by atoms with Gasteiger partial charge >= 0.3 is 0 Å². The fourth-order valence-corrected chi connectivity index (χ4v) is 5.72. The Hall–Kier alpha value is -2.68. The molecule has 0 spiro atoms. The zero-order valence-corrected chi connectivity index (χ0v) is 24.2. The first kappa shape index (κ1) is 26.9. The molecule has 1 fully saturated rings. The molecule has 0 aliphatic carbocycles. The topological polar surface area (TPSA) is 71.4 Å². The smallest absolute Gasteiger partial charge is 0.255 e. The number of nitrogens with zero attached hydrogens (tertiary/aromatic N) is 2. The Morgan fingerprint density at radius 2 is 1.74 bits per heavy atom. The van der Waals surface area contributed by atoms with E-state index in [-0.39, 0.29) is 12.5 Å². The molecule has 0 unspecified atom stereocenters. The Morgan fingerprint density at radius 3 is 2.42 bits per heavy atom. The van der Waals surface area contributed by atoms with Gasteiger partial charge in [-0.05, 0) is 66.4 Å². The number of aliphatic imine (C=N–C) groups is 1. The molecule has 3 aromatic carbocycles. The number of ether oxygens (including phenoxy) is 2. The minimum Gasteiger partial charge on any atom is -0.494 e. The average molecular weight is 642 g/mol. The number of hydrogen-bond donors (Lipinski definition) is 1. The van der Waals surface area contributed by atoms with Gasteiger partial charge in [-0.1, -0.05) is 62.2 Å². The third-order valence-corrected chi connectivity index (χ3v) is 8.29. The maximum atomic E-state index is 14.4. The summed E-state index contributed by atoms with van der Waals surface area (Å²) in [6.45, 7) is 1.99. The second kappa shape index (κ2) is 12.0. The Balaban J connectivity index is 1.58. The SMILES string of the molecule is O=C(N1CCCC1)[C@]1(Cc2ccccc2Br)N=C(c2ccc(OCCCO)cc2)O[C@@H]1c1ccc(Br)cc1. The Morgan fingerprint density at radius 1 is 1.03 bits per heavy atom. The summed E-state index contributed by atoms with van der Waals surface area (Å²) in [7, 11) is 0. The zero-order chi connectivity index (χ0) is 26.5. The summed E-state index contributed by atoms with van der Waals surface area (Å²) < 4.78 is 14.2. The molecule has 1 N–H and O–H groups in total. The first-order valence-electron chi connectivity index (χ1n) is 12.9. The van der Waals surface area contributed by atoms with E-state index in [9.17, 15) is 4.79 Å². The number of benzene rings is 3. The summed E-state index contributed by atoms with van der Waals surface area (Å²) in [5.74, 6) is 1.15. The molecule has 3 aromatic rings. The number of carbonyl (C=O) groups is 1. The van der Waals surface area contributed by atoms with Gasteiger partial charge in [0.25, 0.3) is 5.91 Å². The fraction of sp³-hybridized carbons (Fsp3) is 0.333. The molecule has 0 saturated carbocycles. The number of hydrogen-bond acceptors (Lipinski definition) is 5. The third kappa shape index (κ3) is 5.67. The molecule has 0 bridgehead atoms. The van der Waals surface area contributed by atoms with Crippen molar-refractivity contribution in [2.45, 2.75) is 37.3 Å². The van der Waals surface area contributed by atoms with E-state index < -0.39 is 11.6 Å². The summed E-state index contributed by atoms with van der Waals surface area (Å²) in [6.07, 6.45) is 2.37. The van der Waals surface area contributed by atoms with Crippen molar-refractivity contribution in [3.05, 3.63) is 98.4 Å². The van der Waals surface area contributed by atoms with Crippen molar-refractivity contribution in [1.29, 1.82) is 0 Å². The van der Waals surface area contributed by atoms with Crippen molar-refractivity contribution in [2.24, 2.45) is 4.99 Å². The normalized spacial score (nSPS) is 20.8. The molecular formula is C30H30Br2N2O4. The first-order valence-corrected chi connectivity index (χ1v) is 14.5.